The van der Waals surface area contributed by atoms with Gasteiger partial charge in [-0.05, 0) is 45.5 Å². The van der Waals surface area contributed by atoms with Crippen molar-refractivity contribution in [2.75, 3.05) is 18.9 Å². The third-order valence-electron chi connectivity index (χ3n) is 2.68. The summed E-state index contributed by atoms with van der Waals surface area (Å²) in [6, 6.07) is 5.47. The largest absolute Gasteiger partial charge is 0.325 e. The molecule has 0 heterocycles. The highest BCUT2D eigenvalue weighted by atomic mass is 35.5. The van der Waals surface area contributed by atoms with E-state index in [1.165, 1.54) is 0 Å². The zero-order valence-electron chi connectivity index (χ0n) is 10.7. The van der Waals surface area contributed by atoms with Crippen LogP contribution >= 0.6 is 11.6 Å². The average molecular weight is 255 g/mol. The molecule has 0 saturated carbocycles. The molecule has 0 saturated heterocycles. The Balaban J connectivity index is 2.84. The fraction of sp³-hybridized carbons (Fsp3) is 0.462. The average Bonchev–Trinajstić information content (AvgIpc) is 2.23. The molecule has 1 rings (SSSR count). The molecule has 0 spiro atoms. The summed E-state index contributed by atoms with van der Waals surface area (Å²) in [5, 5.41) is 6.55. The van der Waals surface area contributed by atoms with Gasteiger partial charge >= 0.3 is 0 Å². The number of carbonyl (C=O) groups excluding carboxylic acids is 1. The molecule has 4 heteroatoms. The van der Waals surface area contributed by atoms with Gasteiger partial charge in [0.1, 0.15) is 0 Å². The van der Waals surface area contributed by atoms with E-state index in [4.69, 9.17) is 11.6 Å². The molecule has 0 aliphatic heterocycles. The van der Waals surface area contributed by atoms with Crippen molar-refractivity contribution in [3.8, 4) is 0 Å². The molecule has 2 N–H and O–H groups in total. The van der Waals surface area contributed by atoms with E-state index in [9.17, 15) is 4.79 Å². The number of benzene rings is 1. The van der Waals surface area contributed by atoms with Crippen molar-refractivity contribution in [2.24, 2.45) is 5.41 Å². The summed E-state index contributed by atoms with van der Waals surface area (Å²) in [6.07, 6.45) is 0. The van der Waals surface area contributed by atoms with Crippen LogP contribution in [0.25, 0.3) is 0 Å². The highest BCUT2D eigenvalue weighted by Crippen LogP contribution is 2.23. The van der Waals surface area contributed by atoms with Gasteiger partial charge in [-0.15, -0.1) is 0 Å². The zero-order chi connectivity index (χ0) is 13.1. The molecule has 0 atom stereocenters. The van der Waals surface area contributed by atoms with Crippen LogP contribution in [0.15, 0.2) is 18.2 Å². The van der Waals surface area contributed by atoms with Crippen LogP contribution in [0.4, 0.5) is 5.69 Å². The lowest BCUT2D eigenvalue weighted by molar-refractivity contribution is -0.123. The van der Waals surface area contributed by atoms with Gasteiger partial charge in [-0.3, -0.25) is 4.79 Å². The Bertz CT molecular complexity index is 416. The summed E-state index contributed by atoms with van der Waals surface area (Å²) < 4.78 is 0. The van der Waals surface area contributed by atoms with Gasteiger partial charge in [-0.25, -0.2) is 0 Å². The summed E-state index contributed by atoms with van der Waals surface area (Å²) in [4.78, 5) is 12.1. The first-order valence-electron chi connectivity index (χ1n) is 5.59. The second kappa shape index (κ2) is 5.52. The van der Waals surface area contributed by atoms with Crippen molar-refractivity contribution in [2.45, 2.75) is 20.8 Å². The molecule has 3 nitrogen and oxygen atoms in total. The minimum absolute atomic E-state index is 0.0165. The zero-order valence-corrected chi connectivity index (χ0v) is 11.5. The van der Waals surface area contributed by atoms with E-state index in [0.717, 1.165) is 11.3 Å². The molecule has 94 valence electrons. The quantitative estimate of drug-likeness (QED) is 0.868. The first-order chi connectivity index (χ1) is 7.86. The van der Waals surface area contributed by atoms with Crippen molar-refractivity contribution in [1.82, 2.24) is 5.32 Å². The van der Waals surface area contributed by atoms with Crippen LogP contribution in [-0.4, -0.2) is 19.5 Å². The molecule has 1 amide bonds. The summed E-state index contributed by atoms with van der Waals surface area (Å²) in [7, 11) is 1.83. The Morgan fingerprint density at radius 1 is 1.41 bits per heavy atom. The minimum atomic E-state index is -0.455. The van der Waals surface area contributed by atoms with Crippen LogP contribution in [0.2, 0.25) is 5.02 Å². The molecule has 1 aromatic carbocycles. The van der Waals surface area contributed by atoms with Crippen molar-refractivity contribution in [3.05, 3.63) is 28.8 Å². The van der Waals surface area contributed by atoms with Gasteiger partial charge in [-0.1, -0.05) is 17.7 Å². The lowest BCUT2D eigenvalue weighted by atomic mass is 9.92. The number of nitrogens with one attached hydrogen (secondary N) is 2. The van der Waals surface area contributed by atoms with Gasteiger partial charge in [0.05, 0.1) is 5.41 Å². The first kappa shape index (κ1) is 14.0. The van der Waals surface area contributed by atoms with Crippen LogP contribution in [0.5, 0.6) is 0 Å². The van der Waals surface area contributed by atoms with Crippen LogP contribution < -0.4 is 10.6 Å². The van der Waals surface area contributed by atoms with Gasteiger partial charge < -0.3 is 10.6 Å². The van der Waals surface area contributed by atoms with E-state index >= 15 is 0 Å². The minimum Gasteiger partial charge on any atom is -0.325 e. The normalized spacial score (nSPS) is 11.4. The second-order valence-electron chi connectivity index (χ2n) is 4.83. The van der Waals surface area contributed by atoms with E-state index in [1.54, 1.807) is 6.07 Å². The van der Waals surface area contributed by atoms with Crippen molar-refractivity contribution in [1.29, 1.82) is 0 Å². The third-order valence-corrected chi connectivity index (χ3v) is 2.92. The lowest BCUT2D eigenvalue weighted by Crippen LogP contribution is -2.38. The summed E-state index contributed by atoms with van der Waals surface area (Å²) >= 11 is 5.91. The molecule has 0 bridgehead atoms. The van der Waals surface area contributed by atoms with E-state index in [-0.39, 0.29) is 5.91 Å². The number of amides is 1. The molecule has 0 aliphatic carbocycles. The molecule has 0 radical (unpaired) electrons. The smallest absolute Gasteiger partial charge is 0.231 e. The maximum Gasteiger partial charge on any atom is 0.231 e. The van der Waals surface area contributed by atoms with Crippen molar-refractivity contribution in [3.63, 3.8) is 0 Å². The molecular formula is C13H19ClN2O. The molecule has 1 aromatic rings. The fourth-order valence-electron chi connectivity index (χ4n) is 1.54. The maximum atomic E-state index is 12.1. The van der Waals surface area contributed by atoms with Crippen LogP contribution in [-0.2, 0) is 4.79 Å². The Labute approximate surface area is 108 Å². The topological polar surface area (TPSA) is 41.1 Å². The molecule has 0 aromatic heterocycles. The molecule has 0 aliphatic rings. The Morgan fingerprint density at radius 3 is 2.65 bits per heavy atom. The Hall–Kier alpha value is -1.06. The van der Waals surface area contributed by atoms with E-state index in [2.05, 4.69) is 10.6 Å². The summed E-state index contributed by atoms with van der Waals surface area (Å²) in [5.41, 5.74) is 1.32. The number of halogens is 1. The van der Waals surface area contributed by atoms with Gasteiger partial charge in [-0.2, -0.15) is 0 Å². The Kier molecular flexibility index (Phi) is 4.54. The van der Waals surface area contributed by atoms with Gasteiger partial charge in [0.2, 0.25) is 5.91 Å². The van der Waals surface area contributed by atoms with Crippen LogP contribution in [0, 0.1) is 12.3 Å². The number of rotatable bonds is 4. The second-order valence-corrected chi connectivity index (χ2v) is 5.26. The van der Waals surface area contributed by atoms with E-state index in [1.807, 2.05) is 40.0 Å². The maximum absolute atomic E-state index is 12.1. The fourth-order valence-corrected chi connectivity index (χ4v) is 1.71. The van der Waals surface area contributed by atoms with Gasteiger partial charge in [0.15, 0.2) is 0 Å². The van der Waals surface area contributed by atoms with Crippen molar-refractivity contribution >= 4 is 23.2 Å². The highest BCUT2D eigenvalue weighted by molar-refractivity contribution is 6.31. The summed E-state index contributed by atoms with van der Waals surface area (Å²) in [6.45, 7) is 6.37. The Morgan fingerprint density at radius 2 is 2.06 bits per heavy atom. The number of anilines is 1. The predicted octanol–water partition coefficient (Wildman–Crippen LogP) is 2.83. The molecule has 0 unspecified atom stereocenters. The van der Waals surface area contributed by atoms with Gasteiger partial charge in [0.25, 0.3) is 0 Å². The SMILES string of the molecule is CNCC(C)(C)C(=O)Nc1cc(Cl)ccc1C. The number of hydrogen-bond acceptors (Lipinski definition) is 2. The van der Waals surface area contributed by atoms with Crippen molar-refractivity contribution < 1.29 is 4.79 Å². The summed E-state index contributed by atoms with van der Waals surface area (Å²) in [5.74, 6) is -0.0165. The third kappa shape index (κ3) is 3.72. The van der Waals surface area contributed by atoms with Gasteiger partial charge in [0, 0.05) is 17.3 Å². The van der Waals surface area contributed by atoms with E-state index < -0.39 is 5.41 Å². The van der Waals surface area contributed by atoms with Crippen LogP contribution in [0.1, 0.15) is 19.4 Å². The number of aryl methyl sites for hydroxylation is 1. The number of hydrogen-bond donors (Lipinski definition) is 2. The monoisotopic (exact) mass is 254 g/mol. The van der Waals surface area contributed by atoms with Crippen LogP contribution in [0.3, 0.4) is 0 Å². The standard InChI is InChI=1S/C13H19ClN2O/c1-9-5-6-10(14)7-11(9)16-12(17)13(2,3)8-15-4/h5-7,15H,8H2,1-4H3,(H,16,17). The molecular weight excluding hydrogens is 236 g/mol. The predicted molar refractivity (Wildman–Crippen MR) is 72.5 cm³/mol. The number of carbonyl (C=O) groups is 1. The molecule has 0 fully saturated rings. The highest BCUT2D eigenvalue weighted by Gasteiger charge is 2.27. The van der Waals surface area contributed by atoms with E-state index in [0.29, 0.717) is 11.6 Å². The molecule has 17 heavy (non-hydrogen) atoms. The first-order valence-corrected chi connectivity index (χ1v) is 5.97. The lowest BCUT2D eigenvalue weighted by Gasteiger charge is -2.23.